The topological polar surface area (TPSA) is 43.4 Å². The van der Waals surface area contributed by atoms with Crippen LogP contribution in [-0.2, 0) is 13.9 Å². The van der Waals surface area contributed by atoms with E-state index in [2.05, 4.69) is 0 Å². The second-order valence-electron chi connectivity index (χ2n) is 5.45. The van der Waals surface area contributed by atoms with Crippen LogP contribution >= 0.6 is 14.3 Å². The Morgan fingerprint density at radius 3 is 1.57 bits per heavy atom. The molecule has 0 amide bonds. The van der Waals surface area contributed by atoms with Gasteiger partial charge in [-0.3, -0.25) is 0 Å². The first-order valence-corrected chi connectivity index (χ1v) is 11.4. The highest BCUT2D eigenvalue weighted by Crippen LogP contribution is 2.45. The monoisotopic (exact) mass is 322 g/mol. The van der Waals surface area contributed by atoms with Gasteiger partial charge in [-0.15, -0.1) is 0 Å². The first-order chi connectivity index (χ1) is 9.92. The van der Waals surface area contributed by atoms with Crippen molar-refractivity contribution in [2.75, 3.05) is 26.0 Å². The van der Waals surface area contributed by atoms with Crippen molar-refractivity contribution in [2.24, 2.45) is 0 Å². The number of hydrogen-bond acceptors (Lipinski definition) is 3. The van der Waals surface area contributed by atoms with Crippen LogP contribution in [0.15, 0.2) is 60.7 Å². The van der Waals surface area contributed by atoms with Crippen LogP contribution in [0.1, 0.15) is 0 Å². The first kappa shape index (κ1) is 16.2. The molecule has 0 atom stereocenters. The van der Waals surface area contributed by atoms with Crippen molar-refractivity contribution in [3.05, 3.63) is 60.7 Å². The second-order valence-corrected chi connectivity index (χ2v) is 11.6. The Morgan fingerprint density at radius 1 is 0.762 bits per heavy atom. The molecule has 0 aliphatic heterocycles. The molecule has 112 valence electrons. The number of hydrogen-bond donors (Lipinski definition) is 0. The van der Waals surface area contributed by atoms with Gasteiger partial charge >= 0.3 is 0 Å². The van der Waals surface area contributed by atoms with Gasteiger partial charge in [-0.05, 0) is 13.3 Å². The second kappa shape index (κ2) is 6.75. The quantitative estimate of drug-likeness (QED) is 0.764. The molecule has 0 N–H and O–H groups in total. The number of benzene rings is 2. The van der Waals surface area contributed by atoms with Crippen LogP contribution in [0.3, 0.4) is 0 Å². The van der Waals surface area contributed by atoms with Crippen molar-refractivity contribution in [3.8, 4) is 0 Å². The standard InChI is InChI=1S/C16H20O3P2/c1-20(2,17)13-19-14-21(18,15-9-5-3-6-10-15)16-11-7-4-8-12-16/h3-12H,13-14H2,1-2H3. The molecule has 0 heterocycles. The summed E-state index contributed by atoms with van der Waals surface area (Å²) in [6, 6.07) is 18.7. The van der Waals surface area contributed by atoms with Gasteiger partial charge in [0.1, 0.15) is 13.5 Å². The summed E-state index contributed by atoms with van der Waals surface area (Å²) < 4.78 is 30.8. The van der Waals surface area contributed by atoms with Crippen LogP contribution < -0.4 is 10.6 Å². The zero-order valence-electron chi connectivity index (χ0n) is 12.3. The van der Waals surface area contributed by atoms with Crippen LogP contribution in [0, 0.1) is 0 Å². The van der Waals surface area contributed by atoms with Gasteiger partial charge in [-0.25, -0.2) is 0 Å². The van der Waals surface area contributed by atoms with Gasteiger partial charge in [-0.2, -0.15) is 0 Å². The van der Waals surface area contributed by atoms with Gasteiger partial charge in [0.25, 0.3) is 0 Å². The van der Waals surface area contributed by atoms with E-state index in [1.54, 1.807) is 13.3 Å². The van der Waals surface area contributed by atoms with Crippen LogP contribution in [0.5, 0.6) is 0 Å². The molecule has 5 heteroatoms. The van der Waals surface area contributed by atoms with Crippen molar-refractivity contribution in [2.45, 2.75) is 0 Å². The van der Waals surface area contributed by atoms with Crippen molar-refractivity contribution in [3.63, 3.8) is 0 Å². The smallest absolute Gasteiger partial charge is 0.167 e. The van der Waals surface area contributed by atoms with Gasteiger partial charge in [0, 0.05) is 10.6 Å². The molecule has 0 fully saturated rings. The van der Waals surface area contributed by atoms with Gasteiger partial charge in [0.2, 0.25) is 0 Å². The van der Waals surface area contributed by atoms with Crippen LogP contribution in [-0.4, -0.2) is 26.0 Å². The molecular formula is C16H20O3P2. The molecule has 0 spiro atoms. The Kier molecular flexibility index (Phi) is 5.22. The summed E-state index contributed by atoms with van der Waals surface area (Å²) in [6.07, 6.45) is 0.226. The maximum Gasteiger partial charge on any atom is 0.167 e. The summed E-state index contributed by atoms with van der Waals surface area (Å²) in [4.78, 5) is 0. The van der Waals surface area contributed by atoms with Crippen LogP contribution in [0.2, 0.25) is 0 Å². The largest absolute Gasteiger partial charge is 0.365 e. The fourth-order valence-corrected chi connectivity index (χ4v) is 4.95. The summed E-state index contributed by atoms with van der Waals surface area (Å²) >= 11 is 0. The molecule has 3 nitrogen and oxygen atoms in total. The van der Waals surface area contributed by atoms with Gasteiger partial charge in [-0.1, -0.05) is 60.7 Å². The Balaban J connectivity index is 2.32. The molecule has 0 aliphatic carbocycles. The van der Waals surface area contributed by atoms with Gasteiger partial charge in [0.05, 0.1) is 6.35 Å². The Hall–Kier alpha value is -1.14. The Labute approximate surface area is 126 Å². The van der Waals surface area contributed by atoms with E-state index in [4.69, 9.17) is 4.74 Å². The van der Waals surface area contributed by atoms with Gasteiger partial charge < -0.3 is 13.9 Å². The molecule has 0 aromatic heterocycles. The molecular weight excluding hydrogens is 302 g/mol. The maximum absolute atomic E-state index is 13.5. The average molecular weight is 322 g/mol. The highest BCUT2D eigenvalue weighted by Gasteiger charge is 2.27. The summed E-state index contributed by atoms with van der Waals surface area (Å²) in [5, 5.41) is 1.52. The molecule has 0 bridgehead atoms. The van der Waals surface area contributed by atoms with E-state index in [0.717, 1.165) is 10.6 Å². The lowest BCUT2D eigenvalue weighted by Crippen LogP contribution is -2.19. The van der Waals surface area contributed by atoms with Crippen molar-refractivity contribution in [1.82, 2.24) is 0 Å². The maximum atomic E-state index is 13.5. The number of rotatable bonds is 6. The fourth-order valence-electron chi connectivity index (χ4n) is 2.02. The third-order valence-corrected chi connectivity index (χ3v) is 6.64. The van der Waals surface area contributed by atoms with Crippen molar-refractivity contribution in [1.29, 1.82) is 0 Å². The third-order valence-electron chi connectivity index (χ3n) is 3.02. The minimum absolute atomic E-state index is 0.0761. The van der Waals surface area contributed by atoms with Crippen LogP contribution in [0.4, 0.5) is 0 Å². The zero-order valence-corrected chi connectivity index (χ0v) is 14.1. The van der Waals surface area contributed by atoms with Crippen molar-refractivity contribution >= 4 is 24.9 Å². The van der Waals surface area contributed by atoms with Crippen molar-refractivity contribution < 1.29 is 13.9 Å². The lowest BCUT2D eigenvalue weighted by Gasteiger charge is -2.20. The average Bonchev–Trinajstić information content (AvgIpc) is 2.47. The first-order valence-electron chi connectivity index (χ1n) is 6.74. The van der Waals surface area contributed by atoms with Crippen LogP contribution in [0.25, 0.3) is 0 Å². The summed E-state index contributed by atoms with van der Waals surface area (Å²) in [6.45, 7) is 3.34. The molecule has 2 rings (SSSR count). The van der Waals surface area contributed by atoms with E-state index in [-0.39, 0.29) is 12.7 Å². The molecule has 0 saturated carbocycles. The minimum Gasteiger partial charge on any atom is -0.365 e. The van der Waals surface area contributed by atoms with Gasteiger partial charge in [0.15, 0.2) is 7.14 Å². The SMILES string of the molecule is CP(C)(=O)COCP(=O)(c1ccccc1)c1ccccc1. The summed E-state index contributed by atoms with van der Waals surface area (Å²) in [7, 11) is -5.13. The van der Waals surface area contributed by atoms with E-state index < -0.39 is 14.3 Å². The minimum atomic E-state index is -2.85. The Morgan fingerprint density at radius 2 is 1.19 bits per heavy atom. The molecule has 2 aromatic rings. The normalized spacial score (nSPS) is 12.3. The predicted octanol–water partition coefficient (Wildman–Crippen LogP) is 3.55. The molecule has 0 aliphatic rings. The molecule has 2 aromatic carbocycles. The Bertz CT molecular complexity index is 619. The predicted molar refractivity (Wildman–Crippen MR) is 90.0 cm³/mol. The lowest BCUT2D eigenvalue weighted by molar-refractivity contribution is 0.225. The third kappa shape index (κ3) is 4.41. The molecule has 21 heavy (non-hydrogen) atoms. The molecule has 0 saturated heterocycles. The molecule has 0 unspecified atom stereocenters. The zero-order chi connectivity index (χ0) is 15.3. The van der Waals surface area contributed by atoms with E-state index in [0.29, 0.717) is 0 Å². The highest BCUT2D eigenvalue weighted by molar-refractivity contribution is 7.78. The highest BCUT2D eigenvalue weighted by atomic mass is 31.2. The van der Waals surface area contributed by atoms with E-state index >= 15 is 0 Å². The van der Waals surface area contributed by atoms with E-state index in [1.807, 2.05) is 60.7 Å². The van der Waals surface area contributed by atoms with E-state index in [1.165, 1.54) is 0 Å². The summed E-state index contributed by atoms with van der Waals surface area (Å²) in [5.41, 5.74) is 0. The summed E-state index contributed by atoms with van der Waals surface area (Å²) in [5.74, 6) is 0. The van der Waals surface area contributed by atoms with E-state index in [9.17, 15) is 9.13 Å². The molecule has 0 radical (unpaired) electrons. The lowest BCUT2D eigenvalue weighted by atomic mass is 10.4. The number of ether oxygens (including phenoxy) is 1. The fraction of sp³-hybridized carbons (Fsp3) is 0.250.